The predicted octanol–water partition coefficient (Wildman–Crippen LogP) is -4.56. The van der Waals surface area contributed by atoms with Crippen molar-refractivity contribution < 1.29 is 97.1 Å². The molecule has 0 atom stereocenters. The molecule has 1 N–H and O–H groups in total. The van der Waals surface area contributed by atoms with Gasteiger partial charge in [-0.15, -0.1) is 32.4 Å². The van der Waals surface area contributed by atoms with Crippen molar-refractivity contribution in [1.29, 1.82) is 0 Å². The zero-order chi connectivity index (χ0) is 32.7. The van der Waals surface area contributed by atoms with Crippen molar-refractivity contribution >= 4 is 142 Å². The first kappa shape index (κ1) is 58.6. The van der Waals surface area contributed by atoms with Crippen LogP contribution >= 0.6 is 74.6 Å². The molecule has 0 aliphatic carbocycles. The van der Waals surface area contributed by atoms with E-state index in [9.17, 15) is 36.0 Å². The molecule has 0 aliphatic heterocycles. The van der Waals surface area contributed by atoms with E-state index in [0.717, 1.165) is 12.8 Å². The molecule has 0 spiro atoms. The topological polar surface area (TPSA) is 215 Å². The number of nitrogens with zero attached hydrogens (tertiary/aromatic N) is 4. The molecule has 0 heterocycles. The van der Waals surface area contributed by atoms with Crippen LogP contribution in [0.5, 0.6) is 0 Å². The van der Waals surface area contributed by atoms with Gasteiger partial charge in [-0.2, -0.15) is 8.42 Å². The molecule has 0 aliphatic rings. The second-order valence-electron chi connectivity index (χ2n) is 6.57. The summed E-state index contributed by atoms with van der Waals surface area (Å²) in [5, 5.41) is 8.32. The molecule has 0 radical (unpaired) electrons. The first-order valence-electron chi connectivity index (χ1n) is 10.1. The Balaban J connectivity index is -0.0000000891. The Morgan fingerprint density at radius 3 is 1.37 bits per heavy atom. The van der Waals surface area contributed by atoms with E-state index in [2.05, 4.69) is 73.2 Å². The average Bonchev–Trinajstić information content (AvgIpc) is 2.82. The molecule has 0 aromatic heterocycles. The summed E-state index contributed by atoms with van der Waals surface area (Å²) in [5.74, 6) is -3.67. The van der Waals surface area contributed by atoms with Crippen LogP contribution in [0.3, 0.4) is 0 Å². The van der Waals surface area contributed by atoms with E-state index in [1.807, 2.05) is 0 Å². The number of carbonyl (C=O) groups excluding carboxylic acids is 3. The van der Waals surface area contributed by atoms with E-state index >= 15 is 0 Å². The van der Waals surface area contributed by atoms with Gasteiger partial charge in [0.1, 0.15) is 28.2 Å². The summed E-state index contributed by atoms with van der Waals surface area (Å²) in [7, 11) is 5.62. The van der Waals surface area contributed by atoms with E-state index in [1.54, 1.807) is 21.0 Å². The van der Waals surface area contributed by atoms with Crippen LogP contribution in [-0.2, 0) is 60.9 Å². The van der Waals surface area contributed by atoms with Crippen LogP contribution in [0.1, 0.15) is 26.7 Å². The normalized spacial score (nSPS) is 10.0. The summed E-state index contributed by atoms with van der Waals surface area (Å²) < 4.78 is 57.5. The van der Waals surface area contributed by atoms with Crippen LogP contribution in [0.2, 0.25) is 0 Å². The van der Waals surface area contributed by atoms with Crippen LogP contribution < -0.4 is 24.8 Å². The van der Waals surface area contributed by atoms with Crippen molar-refractivity contribution in [2.75, 3.05) is 42.3 Å². The van der Waals surface area contributed by atoms with E-state index in [4.69, 9.17) is 5.11 Å². The van der Waals surface area contributed by atoms with Crippen LogP contribution in [-0.4, -0.2) is 121 Å². The minimum atomic E-state index is -4.55. The fourth-order valence-electron chi connectivity index (χ4n) is 1.43. The number of ketones is 2. The predicted molar refractivity (Wildman–Crippen MR) is 177 cm³/mol. The Morgan fingerprint density at radius 2 is 1.16 bits per heavy atom. The summed E-state index contributed by atoms with van der Waals surface area (Å²) in [6.45, 7) is 3.10. The Kier molecular flexibility index (Phi) is 45.6. The molecule has 255 valence electrons. The molecule has 0 saturated carbocycles. The van der Waals surface area contributed by atoms with Gasteiger partial charge < -0.3 is 38.3 Å². The third-order valence-corrected chi connectivity index (χ3v) is 4.14. The fraction of sp³-hybridized carbons (Fsp3) is 0.556. The van der Waals surface area contributed by atoms with E-state index in [-0.39, 0.29) is 67.3 Å². The van der Waals surface area contributed by atoms with Crippen LogP contribution in [0.4, 0.5) is 0 Å². The molecule has 0 aromatic carbocycles. The van der Waals surface area contributed by atoms with Crippen LogP contribution in [0, 0.1) is 0 Å². The summed E-state index contributed by atoms with van der Waals surface area (Å²) >= 11 is 4.74. The number of aliphatic carboxylic acids is 1. The van der Waals surface area contributed by atoms with Crippen molar-refractivity contribution in [2.24, 2.45) is 9.98 Å². The average molecular weight is 1100 g/mol. The molecule has 0 rings (SSSR count). The number of halogens is 6. The Labute approximate surface area is 314 Å². The van der Waals surface area contributed by atoms with Gasteiger partial charge in [0.05, 0.1) is 10.7 Å². The summed E-state index contributed by atoms with van der Waals surface area (Å²) in [5.41, 5.74) is -0.947. The zero-order valence-corrected chi connectivity index (χ0v) is 35.8. The standard InChI is InChI=1S/C9H15N2O6S.C6H9NO3.C3H7ClNO3S.2ClH.3HI.V/c1-5-7(12)8(10-2)9(13)17-18(14,15)16-6-11(3)4;1-3-4(8)5(7-2)6(9)10;1-5(2)3-8-9(4,6)7;;;;;;/h6H,5H2,1-4H3;3H2,1-2H3,(H,9,10);3H,1-2H3;5*1H;/q+1;;+1;;;;;;+2/p-4. The van der Waals surface area contributed by atoms with Gasteiger partial charge in [-0.1, -0.05) is 13.8 Å². The summed E-state index contributed by atoms with van der Waals surface area (Å²) in [6.07, 6.45) is 2.00. The van der Waals surface area contributed by atoms with Gasteiger partial charge in [0.25, 0.3) is 0 Å². The molecule has 0 amide bonds. The van der Waals surface area contributed by atoms with Gasteiger partial charge in [-0.25, -0.2) is 18.7 Å². The number of hydrogen-bond donors (Lipinski definition) is 1. The van der Waals surface area contributed by atoms with E-state index in [0.29, 0.717) is 9.47 Å². The summed E-state index contributed by atoms with van der Waals surface area (Å²) in [6, 6.07) is 0. The van der Waals surface area contributed by atoms with Gasteiger partial charge in [-0.3, -0.25) is 23.8 Å². The van der Waals surface area contributed by atoms with Crippen molar-refractivity contribution in [2.45, 2.75) is 26.7 Å². The fourth-order valence-corrected chi connectivity index (χ4v) is 2.39. The molecule has 16 nitrogen and oxygen atoms in total. The van der Waals surface area contributed by atoms with Gasteiger partial charge in [-0.05, 0) is 0 Å². The first-order chi connectivity index (χ1) is 18.2. The number of hydrogen-bond acceptors (Lipinski definition) is 13. The molecule has 0 saturated heterocycles. The molecule has 0 fully saturated rings. The third kappa shape index (κ3) is 40.1. The number of rotatable bonds is 11. The van der Waals surface area contributed by atoms with E-state index in [1.165, 1.54) is 44.3 Å². The maximum atomic E-state index is 11.4. The molecule has 0 unspecified atom stereocenters. The molecule has 25 heteroatoms. The molecule has 0 aromatic rings. The van der Waals surface area contributed by atoms with Gasteiger partial charge in [0.2, 0.25) is 0 Å². The molecular formula is C18H32Cl3I3N4O12S2V. The van der Waals surface area contributed by atoms with Gasteiger partial charge in [0.15, 0.2) is 23.0 Å². The van der Waals surface area contributed by atoms with Crippen molar-refractivity contribution in [3.63, 3.8) is 0 Å². The molecular weight excluding hydrogens is 1070 g/mol. The number of Topliss-reactive ketones (excluding diaryl/α,β-unsaturated/α-hetero) is 2. The SMILES string of the molecule is CCC(=O)C(=NC)C(=O)O.CCC(=O)C(=NC)C(=O)OS(=O)(=O)OC=[N+](C)C.C[N+](C)=COS(=O)(=O)Cl.I.[Cl-].[Cl-].[I][V][I]. The molecule has 43 heavy (non-hydrogen) atoms. The van der Waals surface area contributed by atoms with Crippen LogP contribution in [0.25, 0.3) is 0 Å². The minimum absolute atomic E-state index is 0. The van der Waals surface area contributed by atoms with E-state index < -0.39 is 48.9 Å². The number of carboxylic acids is 1. The Hall–Kier alpha value is 0.104. The number of carboxylic acid groups (broad SMARTS) is 1. The molecule has 0 bridgehead atoms. The van der Waals surface area contributed by atoms with Gasteiger partial charge >= 0.3 is 93.9 Å². The van der Waals surface area contributed by atoms with Crippen LogP contribution in [0.15, 0.2) is 9.98 Å². The Morgan fingerprint density at radius 1 is 0.837 bits per heavy atom. The van der Waals surface area contributed by atoms with Gasteiger partial charge in [0, 0.05) is 26.9 Å². The summed E-state index contributed by atoms with van der Waals surface area (Å²) in [4.78, 5) is 50.2. The zero-order valence-electron chi connectivity index (χ0n) is 23.9. The first-order valence-corrected chi connectivity index (χ1v) is 22.7. The second-order valence-corrected chi connectivity index (χ2v) is 21.6. The number of aliphatic imine (C=N–C) groups is 2. The Bertz CT molecular complexity index is 1200. The quantitative estimate of drug-likeness (QED) is 0.0518. The van der Waals surface area contributed by atoms with Crippen molar-refractivity contribution in [3.8, 4) is 0 Å². The maximum absolute atomic E-state index is 11.4. The van der Waals surface area contributed by atoms with Crippen molar-refractivity contribution in [3.05, 3.63) is 0 Å². The number of carbonyl (C=O) groups is 4. The second kappa shape index (κ2) is 33.5. The van der Waals surface area contributed by atoms with Crippen molar-refractivity contribution in [1.82, 2.24) is 0 Å². The monoisotopic (exact) mass is 1100 g/mol. The third-order valence-electron chi connectivity index (χ3n) is 2.93.